The highest BCUT2D eigenvalue weighted by molar-refractivity contribution is 5.89. The van der Waals surface area contributed by atoms with Crippen molar-refractivity contribution in [2.45, 2.75) is 47.7 Å². The van der Waals surface area contributed by atoms with Gasteiger partial charge in [0.2, 0.25) is 0 Å². The maximum absolute atomic E-state index is 12.0. The van der Waals surface area contributed by atoms with Gasteiger partial charge in [-0.3, -0.25) is 4.68 Å². The van der Waals surface area contributed by atoms with Gasteiger partial charge in [0, 0.05) is 30.0 Å². The first kappa shape index (κ1) is 16.1. The molecule has 2 rings (SSSR count). The minimum absolute atomic E-state index is 0.202. The topological polar surface area (TPSA) is 59.0 Å². The van der Waals surface area contributed by atoms with Crippen LogP contribution in [0.4, 0.5) is 10.5 Å². The number of anilines is 1. The highest BCUT2D eigenvalue weighted by Gasteiger charge is 2.11. The van der Waals surface area contributed by atoms with E-state index in [0.717, 1.165) is 34.7 Å². The van der Waals surface area contributed by atoms with Crippen LogP contribution in [0.1, 0.15) is 35.0 Å². The minimum atomic E-state index is -0.202. The third-order valence-corrected chi connectivity index (χ3v) is 4.02. The van der Waals surface area contributed by atoms with Crippen molar-refractivity contribution < 1.29 is 4.79 Å². The molecule has 2 amide bonds. The van der Waals surface area contributed by atoms with E-state index >= 15 is 0 Å². The van der Waals surface area contributed by atoms with Crippen LogP contribution in [0.5, 0.6) is 0 Å². The van der Waals surface area contributed by atoms with Crippen LogP contribution in [-0.2, 0) is 13.1 Å². The molecule has 0 aliphatic heterocycles. The van der Waals surface area contributed by atoms with Crippen molar-refractivity contribution in [3.63, 3.8) is 0 Å². The molecule has 0 spiro atoms. The van der Waals surface area contributed by atoms with Crippen LogP contribution >= 0.6 is 0 Å². The highest BCUT2D eigenvalue weighted by atomic mass is 16.2. The maximum atomic E-state index is 12.0. The van der Waals surface area contributed by atoms with E-state index in [1.54, 1.807) is 0 Å². The number of carbonyl (C=O) groups excluding carboxylic acids is 1. The number of rotatable bonds is 4. The number of amides is 2. The van der Waals surface area contributed by atoms with Crippen LogP contribution in [0.15, 0.2) is 18.2 Å². The second-order valence-corrected chi connectivity index (χ2v) is 5.57. The molecule has 1 aromatic heterocycles. The summed E-state index contributed by atoms with van der Waals surface area (Å²) in [5.74, 6) is 0. The monoisotopic (exact) mass is 300 g/mol. The summed E-state index contributed by atoms with van der Waals surface area (Å²) in [5.41, 5.74) is 6.32. The molecule has 0 fully saturated rings. The Labute approximate surface area is 131 Å². The Morgan fingerprint density at radius 1 is 1.18 bits per heavy atom. The van der Waals surface area contributed by atoms with Gasteiger partial charge in [-0.05, 0) is 57.9 Å². The van der Waals surface area contributed by atoms with Gasteiger partial charge in [0.15, 0.2) is 0 Å². The number of hydrogen-bond donors (Lipinski definition) is 2. The van der Waals surface area contributed by atoms with E-state index in [0.29, 0.717) is 6.54 Å². The Kier molecular flexibility index (Phi) is 4.85. The summed E-state index contributed by atoms with van der Waals surface area (Å²) in [6, 6.07) is 5.68. The Morgan fingerprint density at radius 3 is 2.50 bits per heavy atom. The van der Waals surface area contributed by atoms with Crippen LogP contribution in [-0.4, -0.2) is 15.8 Å². The van der Waals surface area contributed by atoms with Gasteiger partial charge >= 0.3 is 6.03 Å². The van der Waals surface area contributed by atoms with E-state index in [-0.39, 0.29) is 6.03 Å². The molecule has 0 bridgehead atoms. The lowest BCUT2D eigenvalue weighted by Gasteiger charge is -2.09. The maximum Gasteiger partial charge on any atom is 0.319 e. The Hall–Kier alpha value is -2.30. The highest BCUT2D eigenvalue weighted by Crippen LogP contribution is 2.15. The number of nitrogens with one attached hydrogen (secondary N) is 2. The van der Waals surface area contributed by atoms with Crippen molar-refractivity contribution >= 4 is 11.7 Å². The SMILES string of the molecule is CCn1nc(C)c(CNC(=O)Nc2ccc(C)c(C)c2)c1C. The smallest absolute Gasteiger partial charge is 0.319 e. The van der Waals surface area contributed by atoms with Gasteiger partial charge in [0.25, 0.3) is 0 Å². The Balaban J connectivity index is 1.98. The Morgan fingerprint density at radius 2 is 1.91 bits per heavy atom. The molecular weight excluding hydrogens is 276 g/mol. The zero-order chi connectivity index (χ0) is 16.3. The number of hydrogen-bond acceptors (Lipinski definition) is 2. The first-order valence-corrected chi connectivity index (χ1v) is 7.57. The lowest BCUT2D eigenvalue weighted by molar-refractivity contribution is 0.251. The van der Waals surface area contributed by atoms with Crippen molar-refractivity contribution in [2.24, 2.45) is 0 Å². The van der Waals surface area contributed by atoms with Crippen molar-refractivity contribution in [1.29, 1.82) is 0 Å². The second kappa shape index (κ2) is 6.64. The van der Waals surface area contributed by atoms with Crippen molar-refractivity contribution in [1.82, 2.24) is 15.1 Å². The third-order valence-electron chi connectivity index (χ3n) is 4.02. The van der Waals surface area contributed by atoms with E-state index in [1.165, 1.54) is 5.56 Å². The minimum Gasteiger partial charge on any atom is -0.334 e. The molecule has 118 valence electrons. The van der Waals surface area contributed by atoms with E-state index in [2.05, 4.69) is 29.6 Å². The van der Waals surface area contributed by atoms with E-state index < -0.39 is 0 Å². The first-order chi connectivity index (χ1) is 10.4. The molecule has 0 atom stereocenters. The molecule has 5 heteroatoms. The summed E-state index contributed by atoms with van der Waals surface area (Å²) in [7, 11) is 0. The predicted octanol–water partition coefficient (Wildman–Crippen LogP) is 3.46. The number of aromatic nitrogens is 2. The Bertz CT molecular complexity index is 688. The second-order valence-electron chi connectivity index (χ2n) is 5.57. The summed E-state index contributed by atoms with van der Waals surface area (Å²) in [5, 5.41) is 10.2. The third kappa shape index (κ3) is 3.47. The normalized spacial score (nSPS) is 10.6. The van der Waals surface area contributed by atoms with Gasteiger partial charge < -0.3 is 10.6 Å². The van der Waals surface area contributed by atoms with Crippen molar-refractivity contribution in [2.75, 3.05) is 5.32 Å². The van der Waals surface area contributed by atoms with Gasteiger partial charge in [0.1, 0.15) is 0 Å². The van der Waals surface area contributed by atoms with Gasteiger partial charge in [-0.2, -0.15) is 5.10 Å². The van der Waals surface area contributed by atoms with Crippen LogP contribution in [0.25, 0.3) is 0 Å². The van der Waals surface area contributed by atoms with Crippen molar-refractivity contribution in [3.8, 4) is 0 Å². The molecule has 2 N–H and O–H groups in total. The molecule has 0 unspecified atom stereocenters. The average Bonchev–Trinajstić information content (AvgIpc) is 2.75. The molecule has 5 nitrogen and oxygen atoms in total. The van der Waals surface area contributed by atoms with Crippen molar-refractivity contribution in [3.05, 3.63) is 46.3 Å². The van der Waals surface area contributed by atoms with E-state index in [9.17, 15) is 4.79 Å². The molecule has 2 aromatic rings. The zero-order valence-corrected chi connectivity index (χ0v) is 13.9. The number of carbonyl (C=O) groups is 1. The quantitative estimate of drug-likeness (QED) is 0.908. The van der Waals surface area contributed by atoms with Crippen LogP contribution in [0.2, 0.25) is 0 Å². The van der Waals surface area contributed by atoms with Crippen LogP contribution in [0.3, 0.4) is 0 Å². The first-order valence-electron chi connectivity index (χ1n) is 7.57. The van der Waals surface area contributed by atoms with Gasteiger partial charge in [0.05, 0.1) is 5.69 Å². The standard InChI is InChI=1S/C17H24N4O/c1-6-21-14(5)16(13(4)20-21)10-18-17(22)19-15-8-7-11(2)12(3)9-15/h7-9H,6,10H2,1-5H3,(H2,18,19,22). The number of benzene rings is 1. The van der Waals surface area contributed by atoms with Crippen LogP contribution < -0.4 is 10.6 Å². The molecular formula is C17H24N4O. The average molecular weight is 300 g/mol. The van der Waals surface area contributed by atoms with E-state index in [4.69, 9.17) is 0 Å². The van der Waals surface area contributed by atoms with Gasteiger partial charge in [-0.1, -0.05) is 6.07 Å². The summed E-state index contributed by atoms with van der Waals surface area (Å²) in [6.07, 6.45) is 0. The molecule has 0 aliphatic carbocycles. The lowest BCUT2D eigenvalue weighted by atomic mass is 10.1. The van der Waals surface area contributed by atoms with E-state index in [1.807, 2.05) is 43.7 Å². The molecule has 0 radical (unpaired) electrons. The fourth-order valence-electron chi connectivity index (χ4n) is 2.46. The van der Waals surface area contributed by atoms with Gasteiger partial charge in [-0.15, -0.1) is 0 Å². The molecule has 1 heterocycles. The molecule has 0 aliphatic rings. The summed E-state index contributed by atoms with van der Waals surface area (Å²) in [6.45, 7) is 11.5. The van der Waals surface area contributed by atoms with Gasteiger partial charge in [-0.25, -0.2) is 4.79 Å². The molecule has 1 aromatic carbocycles. The number of urea groups is 1. The number of aryl methyl sites for hydroxylation is 4. The zero-order valence-electron chi connectivity index (χ0n) is 13.9. The molecule has 0 saturated heterocycles. The summed E-state index contributed by atoms with van der Waals surface area (Å²) < 4.78 is 1.95. The van der Waals surface area contributed by atoms with Crippen LogP contribution in [0, 0.1) is 27.7 Å². The number of nitrogens with zero attached hydrogens (tertiary/aromatic N) is 2. The largest absolute Gasteiger partial charge is 0.334 e. The fourth-order valence-corrected chi connectivity index (χ4v) is 2.46. The summed E-state index contributed by atoms with van der Waals surface area (Å²) in [4.78, 5) is 12.0. The molecule has 0 saturated carbocycles. The molecule has 22 heavy (non-hydrogen) atoms. The fraction of sp³-hybridized carbons (Fsp3) is 0.412. The summed E-state index contributed by atoms with van der Waals surface area (Å²) >= 11 is 0. The predicted molar refractivity (Wildman–Crippen MR) is 89.1 cm³/mol. The lowest BCUT2D eigenvalue weighted by Crippen LogP contribution is -2.28.